The van der Waals surface area contributed by atoms with Crippen molar-refractivity contribution in [1.29, 1.82) is 0 Å². The van der Waals surface area contributed by atoms with E-state index in [1.165, 1.54) is 0 Å². The first-order valence-electron chi connectivity index (χ1n) is 1.44. The van der Waals surface area contributed by atoms with Crippen LogP contribution in [0.3, 0.4) is 0 Å². The van der Waals surface area contributed by atoms with Gasteiger partial charge in [-0.1, -0.05) is 0 Å². The molecule has 0 saturated heterocycles. The normalized spacial score (nSPS) is 12.3. The molecule has 0 aromatic rings. The first-order valence-corrected chi connectivity index (χ1v) is 1.44. The fourth-order valence-corrected chi connectivity index (χ4v) is 0. The average Bonchev–Trinajstić information content (AvgIpc) is 2.11. The number of quaternary nitrogens is 1. The van der Waals surface area contributed by atoms with Gasteiger partial charge in [0.1, 0.15) is 0 Å². The van der Waals surface area contributed by atoms with Crippen molar-refractivity contribution in [2.24, 2.45) is 0 Å². The third-order valence-electron chi connectivity index (χ3n) is 0.192. The first-order chi connectivity index (χ1) is 2.91. The van der Waals surface area contributed by atoms with Gasteiger partial charge < -0.3 is 8.78 Å². The van der Waals surface area contributed by atoms with Gasteiger partial charge in [-0.2, -0.15) is 0 Å². The molecule has 1 heterocycles. The monoisotopic (exact) mass is 93.0 g/mol. The van der Waals surface area contributed by atoms with Gasteiger partial charge in [0.15, 0.2) is 12.4 Å². The van der Waals surface area contributed by atoms with E-state index < -0.39 is 6.93 Å². The number of hydrogen-bond donors (Lipinski definition) is 1. The van der Waals surface area contributed by atoms with E-state index in [4.69, 9.17) is 0 Å². The Labute approximate surface area is 34.7 Å². The Hall–Kier alpha value is -0.440. The number of rotatable bonds is 0. The summed E-state index contributed by atoms with van der Waals surface area (Å²) in [5.41, 5.74) is 0. The van der Waals surface area contributed by atoms with Crippen LogP contribution in [-0.2, 0) is 0 Å². The van der Waals surface area contributed by atoms with E-state index in [9.17, 15) is 8.78 Å². The second-order valence-electron chi connectivity index (χ2n) is 0.660. The summed E-state index contributed by atoms with van der Waals surface area (Å²) in [5.74, 6) is 0. The summed E-state index contributed by atoms with van der Waals surface area (Å²) in [6.07, 6.45) is 4.00. The Balaban J connectivity index is 0.0000000833. The molecule has 0 aliphatic carbocycles. The Bertz CT molecular complexity index is 40.1. The molecular formula is C3H5F2N. The van der Waals surface area contributed by atoms with Crippen LogP contribution >= 0.6 is 0 Å². The molecule has 6 heavy (non-hydrogen) atoms. The molecule has 1 rings (SSSR count). The molecule has 0 spiro atoms. The van der Waals surface area contributed by atoms with E-state index in [1.54, 1.807) is 0 Å². The summed E-state index contributed by atoms with van der Waals surface area (Å²) in [5, 5.41) is 2.00. The van der Waals surface area contributed by atoms with Gasteiger partial charge in [-0.3, -0.25) is 5.32 Å². The summed E-state index contributed by atoms with van der Waals surface area (Å²) in [6.45, 7) is -1.00. The van der Waals surface area contributed by atoms with E-state index in [0.717, 1.165) is 0 Å². The van der Waals surface area contributed by atoms with E-state index in [1.807, 2.05) is 17.7 Å². The molecule has 2 N–H and O–H groups in total. The molecule has 0 saturated carbocycles. The fraction of sp³-hybridized carbons (Fsp3) is 0. The van der Waals surface area contributed by atoms with Gasteiger partial charge in [-0.25, -0.2) is 0 Å². The third-order valence-corrected chi connectivity index (χ3v) is 0.192. The summed E-state index contributed by atoms with van der Waals surface area (Å²) in [4.78, 5) is 0. The molecule has 1 aliphatic heterocycles. The van der Waals surface area contributed by atoms with Crippen molar-refractivity contribution in [3.8, 4) is 0 Å². The molecule has 0 unspecified atom stereocenters. The van der Waals surface area contributed by atoms with Crippen LogP contribution < -0.4 is 5.32 Å². The van der Waals surface area contributed by atoms with Gasteiger partial charge in [0.25, 0.3) is 0 Å². The summed E-state index contributed by atoms with van der Waals surface area (Å²) in [6, 6.07) is 0. The molecule has 36 valence electrons. The predicted octanol–water partition coefficient (Wildman–Crippen LogP) is 0.0793. The standard InChI is InChI=1S/C2H3N.CHF2/c1-2-3-1;2-1-3/h1-3H;1H/q;-1/p+1. The van der Waals surface area contributed by atoms with Gasteiger partial charge in [0.05, 0.1) is 0 Å². The van der Waals surface area contributed by atoms with Crippen LogP contribution in [0.1, 0.15) is 0 Å². The highest BCUT2D eigenvalue weighted by atomic mass is 19.3. The van der Waals surface area contributed by atoms with Crippen LogP contribution in [0.25, 0.3) is 0 Å². The quantitative estimate of drug-likeness (QED) is 0.408. The van der Waals surface area contributed by atoms with E-state index in [-0.39, 0.29) is 0 Å². The van der Waals surface area contributed by atoms with Gasteiger partial charge in [0, 0.05) is 0 Å². The highest BCUT2D eigenvalue weighted by molar-refractivity contribution is 4.65. The molecular weight excluding hydrogens is 88.0 g/mol. The van der Waals surface area contributed by atoms with E-state index in [2.05, 4.69) is 0 Å². The lowest BCUT2D eigenvalue weighted by Gasteiger charge is -1.65. The minimum atomic E-state index is -1.00. The zero-order valence-electron chi connectivity index (χ0n) is 3.07. The SMILES string of the molecule is C1=C[NH2+]1.F[CH-]F. The van der Waals surface area contributed by atoms with E-state index in [0.29, 0.717) is 0 Å². The van der Waals surface area contributed by atoms with Crippen molar-refractivity contribution in [2.75, 3.05) is 0 Å². The molecule has 0 fully saturated rings. The highest BCUT2D eigenvalue weighted by Gasteiger charge is 1.81. The van der Waals surface area contributed by atoms with Gasteiger partial charge in [0.2, 0.25) is 0 Å². The molecule has 3 heteroatoms. The van der Waals surface area contributed by atoms with Gasteiger partial charge >= 0.3 is 0 Å². The van der Waals surface area contributed by atoms with Crippen molar-refractivity contribution < 1.29 is 14.1 Å². The molecule has 0 aromatic carbocycles. The second-order valence-corrected chi connectivity index (χ2v) is 0.660. The lowest BCUT2D eigenvalue weighted by molar-refractivity contribution is -0.430. The van der Waals surface area contributed by atoms with Crippen LogP contribution in [-0.4, -0.2) is 0 Å². The number of halogens is 2. The largest absolute Gasteiger partial charge is 0.425 e. The van der Waals surface area contributed by atoms with Crippen molar-refractivity contribution in [3.05, 3.63) is 19.3 Å². The summed E-state index contributed by atoms with van der Waals surface area (Å²) >= 11 is 0. The molecule has 0 radical (unpaired) electrons. The smallest absolute Gasteiger partial charge is 0.151 e. The predicted molar refractivity (Wildman–Crippen MR) is 17.6 cm³/mol. The maximum atomic E-state index is 9.50. The molecule has 0 atom stereocenters. The number of nitrogens with two attached hydrogens (primary N) is 1. The van der Waals surface area contributed by atoms with Crippen LogP contribution in [0.2, 0.25) is 0 Å². The van der Waals surface area contributed by atoms with Crippen molar-refractivity contribution in [3.63, 3.8) is 0 Å². The maximum Gasteiger partial charge on any atom is 0.151 e. The zero-order chi connectivity index (χ0) is 4.83. The third kappa shape index (κ3) is 74.4. The van der Waals surface area contributed by atoms with Gasteiger partial charge in [-0.05, 0) is 6.93 Å². The van der Waals surface area contributed by atoms with Crippen molar-refractivity contribution >= 4 is 0 Å². The number of hydrogen-bond acceptors (Lipinski definition) is 0. The Morgan fingerprint density at radius 3 is 1.50 bits per heavy atom. The fourth-order valence-electron chi connectivity index (χ4n) is 0. The Kier molecular flexibility index (Phi) is 4.23. The molecule has 0 aromatic heterocycles. The maximum absolute atomic E-state index is 9.50. The second kappa shape index (κ2) is 4.56. The highest BCUT2D eigenvalue weighted by Crippen LogP contribution is 1.68. The average molecular weight is 93.1 g/mol. The summed E-state index contributed by atoms with van der Waals surface area (Å²) in [7, 11) is 0. The topological polar surface area (TPSA) is 16.6 Å². The minimum absolute atomic E-state index is 1.00. The van der Waals surface area contributed by atoms with Crippen molar-refractivity contribution in [2.45, 2.75) is 0 Å². The Morgan fingerprint density at radius 1 is 1.33 bits per heavy atom. The molecule has 0 bridgehead atoms. The van der Waals surface area contributed by atoms with Crippen LogP contribution in [0.15, 0.2) is 12.4 Å². The van der Waals surface area contributed by atoms with Crippen LogP contribution in [0, 0.1) is 6.93 Å². The van der Waals surface area contributed by atoms with Crippen molar-refractivity contribution in [1.82, 2.24) is 0 Å². The summed E-state index contributed by atoms with van der Waals surface area (Å²) < 4.78 is 19.0. The Morgan fingerprint density at radius 2 is 1.50 bits per heavy atom. The molecule has 1 aliphatic rings. The minimum Gasteiger partial charge on any atom is -0.425 e. The van der Waals surface area contributed by atoms with Gasteiger partial charge in [-0.15, -0.1) is 0 Å². The molecule has 1 nitrogen and oxygen atoms in total. The van der Waals surface area contributed by atoms with Crippen LogP contribution in [0.4, 0.5) is 8.78 Å². The first kappa shape index (κ1) is 5.56. The van der Waals surface area contributed by atoms with E-state index >= 15 is 0 Å². The zero-order valence-corrected chi connectivity index (χ0v) is 3.07. The lowest BCUT2D eigenvalue weighted by atomic mass is 11.3. The van der Waals surface area contributed by atoms with Crippen LogP contribution in [0.5, 0.6) is 0 Å². The lowest BCUT2D eigenvalue weighted by Crippen LogP contribution is -2.54. The molecule has 0 amide bonds.